The second-order valence-corrected chi connectivity index (χ2v) is 10.2. The molecule has 0 radical (unpaired) electrons. The molecule has 1 fully saturated rings. The number of nitrogens with zero attached hydrogens (tertiary/aromatic N) is 5. The number of hydrogen-bond donors (Lipinski definition) is 1. The average Bonchev–Trinajstić information content (AvgIpc) is 3.33. The predicted octanol–water partition coefficient (Wildman–Crippen LogP) is 3.92. The lowest BCUT2D eigenvalue weighted by atomic mass is 9.92. The quantitative estimate of drug-likeness (QED) is 0.519. The summed E-state index contributed by atoms with van der Waals surface area (Å²) in [6.07, 6.45) is 5.60. The summed E-state index contributed by atoms with van der Waals surface area (Å²) in [6, 6.07) is 9.03. The van der Waals surface area contributed by atoms with Crippen LogP contribution in [-0.4, -0.2) is 52.7 Å². The molecule has 1 saturated heterocycles. The van der Waals surface area contributed by atoms with Crippen LogP contribution in [-0.2, 0) is 12.0 Å². The molecule has 0 aliphatic carbocycles. The molecule has 35 heavy (non-hydrogen) atoms. The van der Waals surface area contributed by atoms with Crippen molar-refractivity contribution in [1.82, 2.24) is 20.0 Å². The van der Waals surface area contributed by atoms with Gasteiger partial charge in [-0.2, -0.15) is 0 Å². The van der Waals surface area contributed by atoms with E-state index in [4.69, 9.17) is 15.0 Å². The highest BCUT2D eigenvalue weighted by molar-refractivity contribution is 5.98. The van der Waals surface area contributed by atoms with Crippen LogP contribution >= 0.6 is 0 Å². The van der Waals surface area contributed by atoms with Crippen molar-refractivity contribution < 1.29 is 14.1 Å². The number of aromatic nitrogens is 3. The molecule has 0 unspecified atom stereocenters. The minimum atomic E-state index is -0.564. The van der Waals surface area contributed by atoms with Crippen LogP contribution in [0.1, 0.15) is 55.2 Å². The van der Waals surface area contributed by atoms with Gasteiger partial charge >= 0.3 is 0 Å². The van der Waals surface area contributed by atoms with Crippen LogP contribution in [0, 0.1) is 5.92 Å². The third kappa shape index (κ3) is 6.16. The van der Waals surface area contributed by atoms with E-state index >= 15 is 0 Å². The Balaban J connectivity index is 1.59. The van der Waals surface area contributed by atoms with Gasteiger partial charge in [-0.25, -0.2) is 9.97 Å². The Morgan fingerprint density at radius 1 is 1.20 bits per heavy atom. The number of rotatable bonds is 8. The molecule has 1 aliphatic rings. The van der Waals surface area contributed by atoms with Crippen molar-refractivity contribution in [3.8, 4) is 5.88 Å². The van der Waals surface area contributed by atoms with Gasteiger partial charge in [-0.05, 0) is 62.7 Å². The number of hydrogen-bond acceptors (Lipinski definition) is 8. The van der Waals surface area contributed by atoms with Gasteiger partial charge in [-0.3, -0.25) is 9.69 Å². The molecule has 0 spiro atoms. The van der Waals surface area contributed by atoms with Gasteiger partial charge in [0.25, 0.3) is 5.91 Å². The van der Waals surface area contributed by atoms with Gasteiger partial charge < -0.3 is 19.9 Å². The standard InChI is InChI=1S/C26H34N6O3/c1-26(2,3)21-15-23(35-30-21)32(25-20(24(27)33)6-5-10-29-25)16-19-7-11-28-22(14-19)34-17-18-8-12-31(4)13-9-18/h5-7,10-11,14-15,18H,8-9,12-13,16-17H2,1-4H3,(H2,27,33). The molecular weight excluding hydrogens is 444 g/mol. The van der Waals surface area contributed by atoms with Crippen LogP contribution in [0.5, 0.6) is 5.88 Å². The van der Waals surface area contributed by atoms with Crippen LogP contribution in [0.15, 0.2) is 47.2 Å². The summed E-state index contributed by atoms with van der Waals surface area (Å²) in [5.41, 5.74) is 7.48. The molecule has 1 amide bonds. The fourth-order valence-corrected chi connectivity index (χ4v) is 4.05. The zero-order valence-electron chi connectivity index (χ0n) is 20.9. The van der Waals surface area contributed by atoms with Crippen LogP contribution in [0.3, 0.4) is 0 Å². The lowest BCUT2D eigenvalue weighted by Gasteiger charge is -2.28. The molecule has 186 valence electrons. The van der Waals surface area contributed by atoms with E-state index in [1.165, 1.54) is 0 Å². The number of primary amides is 1. The monoisotopic (exact) mass is 478 g/mol. The zero-order chi connectivity index (χ0) is 25.0. The van der Waals surface area contributed by atoms with E-state index in [9.17, 15) is 4.79 Å². The van der Waals surface area contributed by atoms with Gasteiger partial charge in [0, 0.05) is 29.9 Å². The second-order valence-electron chi connectivity index (χ2n) is 10.2. The van der Waals surface area contributed by atoms with Crippen LogP contribution in [0.4, 0.5) is 11.7 Å². The number of nitrogens with two attached hydrogens (primary N) is 1. The first-order valence-electron chi connectivity index (χ1n) is 12.0. The Hall–Kier alpha value is -3.46. The first-order chi connectivity index (χ1) is 16.7. The zero-order valence-corrected chi connectivity index (χ0v) is 20.9. The number of carbonyl (C=O) groups excluding carboxylic acids is 1. The summed E-state index contributed by atoms with van der Waals surface area (Å²) in [5.74, 6) is 1.42. The van der Waals surface area contributed by atoms with Crippen LogP contribution in [0.2, 0.25) is 0 Å². The lowest BCUT2D eigenvalue weighted by molar-refractivity contribution is 0.100. The van der Waals surface area contributed by atoms with Crippen molar-refractivity contribution >= 4 is 17.6 Å². The van der Waals surface area contributed by atoms with Gasteiger partial charge in [-0.15, -0.1) is 0 Å². The molecular formula is C26H34N6O3. The minimum Gasteiger partial charge on any atom is -0.477 e. The van der Waals surface area contributed by atoms with E-state index in [2.05, 4.69) is 47.8 Å². The van der Waals surface area contributed by atoms with Crippen molar-refractivity contribution in [3.05, 3.63) is 59.5 Å². The molecule has 9 nitrogen and oxygen atoms in total. The Labute approximate surface area is 206 Å². The summed E-state index contributed by atoms with van der Waals surface area (Å²) < 4.78 is 11.8. The van der Waals surface area contributed by atoms with Crippen LogP contribution < -0.4 is 15.4 Å². The van der Waals surface area contributed by atoms with Gasteiger partial charge in [0.05, 0.1) is 24.4 Å². The molecule has 4 heterocycles. The van der Waals surface area contributed by atoms with Crippen molar-refractivity contribution in [2.45, 2.75) is 45.6 Å². The SMILES string of the molecule is CN1CCC(COc2cc(CN(c3cc(C(C)(C)C)no3)c3ncccc3C(N)=O)ccn2)CC1. The molecule has 0 bridgehead atoms. The fourth-order valence-electron chi connectivity index (χ4n) is 4.05. The normalized spacial score (nSPS) is 15.2. The third-order valence-corrected chi connectivity index (χ3v) is 6.28. The maximum atomic E-state index is 12.2. The summed E-state index contributed by atoms with van der Waals surface area (Å²) in [6.45, 7) is 9.38. The number of ether oxygens (including phenoxy) is 1. The largest absolute Gasteiger partial charge is 0.477 e. The molecule has 0 saturated carbocycles. The number of likely N-dealkylation sites (tertiary alicyclic amines) is 1. The summed E-state index contributed by atoms with van der Waals surface area (Å²) >= 11 is 0. The van der Waals surface area contributed by atoms with Crippen molar-refractivity contribution in [2.75, 3.05) is 31.6 Å². The third-order valence-electron chi connectivity index (χ3n) is 6.28. The van der Waals surface area contributed by atoms with E-state index in [1.807, 2.05) is 18.2 Å². The predicted molar refractivity (Wildman–Crippen MR) is 134 cm³/mol. The highest BCUT2D eigenvalue weighted by Crippen LogP contribution is 2.32. The molecule has 0 aromatic carbocycles. The molecule has 3 aromatic heterocycles. The molecule has 3 aromatic rings. The van der Waals surface area contributed by atoms with Crippen molar-refractivity contribution in [2.24, 2.45) is 11.7 Å². The Kier molecular flexibility index (Phi) is 7.35. The number of amides is 1. The summed E-state index contributed by atoms with van der Waals surface area (Å²) in [4.78, 5) is 25.2. The van der Waals surface area contributed by atoms with Gasteiger partial charge in [0.2, 0.25) is 11.8 Å². The first-order valence-corrected chi connectivity index (χ1v) is 12.0. The highest BCUT2D eigenvalue weighted by Gasteiger charge is 2.25. The Morgan fingerprint density at radius 2 is 1.97 bits per heavy atom. The lowest BCUT2D eigenvalue weighted by Crippen LogP contribution is -2.32. The number of carbonyl (C=O) groups is 1. The van der Waals surface area contributed by atoms with E-state index in [-0.39, 0.29) is 5.41 Å². The smallest absolute Gasteiger partial charge is 0.252 e. The van der Waals surface area contributed by atoms with E-state index in [0.717, 1.165) is 37.2 Å². The Morgan fingerprint density at radius 3 is 2.66 bits per heavy atom. The van der Waals surface area contributed by atoms with Crippen molar-refractivity contribution in [1.29, 1.82) is 0 Å². The maximum Gasteiger partial charge on any atom is 0.252 e. The summed E-state index contributed by atoms with van der Waals surface area (Å²) in [5, 5.41) is 4.25. The highest BCUT2D eigenvalue weighted by atomic mass is 16.5. The minimum absolute atomic E-state index is 0.199. The molecule has 4 rings (SSSR count). The van der Waals surface area contributed by atoms with E-state index in [1.54, 1.807) is 29.4 Å². The maximum absolute atomic E-state index is 12.2. The first kappa shape index (κ1) is 24.7. The van der Waals surface area contributed by atoms with Crippen molar-refractivity contribution in [3.63, 3.8) is 0 Å². The Bertz CT molecular complexity index is 1150. The van der Waals surface area contributed by atoms with Gasteiger partial charge in [0.15, 0.2) is 0 Å². The molecule has 9 heteroatoms. The second kappa shape index (κ2) is 10.4. The van der Waals surface area contributed by atoms with Crippen LogP contribution in [0.25, 0.3) is 0 Å². The fraction of sp³-hybridized carbons (Fsp3) is 0.462. The molecule has 0 atom stereocenters. The number of anilines is 2. The number of piperidine rings is 1. The topological polar surface area (TPSA) is 111 Å². The van der Waals surface area contributed by atoms with E-state index < -0.39 is 5.91 Å². The average molecular weight is 479 g/mol. The number of pyridine rings is 2. The summed E-state index contributed by atoms with van der Waals surface area (Å²) in [7, 11) is 2.15. The van der Waals surface area contributed by atoms with Gasteiger partial charge in [0.1, 0.15) is 5.82 Å². The van der Waals surface area contributed by atoms with Gasteiger partial charge in [-0.1, -0.05) is 25.9 Å². The molecule has 2 N–H and O–H groups in total. The molecule has 1 aliphatic heterocycles. The van der Waals surface area contributed by atoms with E-state index in [0.29, 0.717) is 42.2 Å².